The van der Waals surface area contributed by atoms with Crippen molar-refractivity contribution in [3.8, 4) is 0 Å². The highest BCUT2D eigenvalue weighted by Crippen LogP contribution is 2.13. The van der Waals surface area contributed by atoms with Gasteiger partial charge in [0.1, 0.15) is 0 Å². The SMILES string of the molecule is CCN(CC)CCC[Si](C)(OC)OC. The minimum atomic E-state index is -1.82. The van der Waals surface area contributed by atoms with Crippen molar-refractivity contribution in [1.82, 2.24) is 4.90 Å². The quantitative estimate of drug-likeness (QED) is 0.584. The zero-order valence-electron chi connectivity index (χ0n) is 10.3. The first-order valence-corrected chi connectivity index (χ1v) is 7.96. The predicted octanol–water partition coefficient (Wildman–Crippen LogP) is 2.08. The van der Waals surface area contributed by atoms with Crippen molar-refractivity contribution in [2.45, 2.75) is 32.9 Å². The first-order chi connectivity index (χ1) is 6.61. The zero-order valence-corrected chi connectivity index (χ0v) is 11.3. The smallest absolute Gasteiger partial charge is 0.334 e. The molecule has 0 atom stereocenters. The van der Waals surface area contributed by atoms with Crippen molar-refractivity contribution in [3.05, 3.63) is 0 Å². The Morgan fingerprint density at radius 1 is 1.07 bits per heavy atom. The molecule has 0 spiro atoms. The van der Waals surface area contributed by atoms with Crippen LogP contribution in [0.1, 0.15) is 20.3 Å². The lowest BCUT2D eigenvalue weighted by molar-refractivity contribution is 0.242. The molecule has 0 radical (unpaired) electrons. The monoisotopic (exact) mass is 219 g/mol. The molecule has 0 aromatic heterocycles. The molecule has 14 heavy (non-hydrogen) atoms. The van der Waals surface area contributed by atoms with E-state index in [1.54, 1.807) is 14.2 Å². The van der Waals surface area contributed by atoms with Gasteiger partial charge in [-0.1, -0.05) is 13.8 Å². The molecule has 3 nitrogen and oxygen atoms in total. The number of hydrogen-bond donors (Lipinski definition) is 0. The fourth-order valence-electron chi connectivity index (χ4n) is 1.45. The Bertz CT molecular complexity index is 136. The second kappa shape index (κ2) is 7.40. The van der Waals surface area contributed by atoms with Crippen LogP contribution in [0.5, 0.6) is 0 Å². The highest BCUT2D eigenvalue weighted by Gasteiger charge is 2.27. The summed E-state index contributed by atoms with van der Waals surface area (Å²) >= 11 is 0. The molecule has 0 aromatic carbocycles. The van der Waals surface area contributed by atoms with Crippen molar-refractivity contribution in [2.75, 3.05) is 33.9 Å². The van der Waals surface area contributed by atoms with E-state index in [0.717, 1.165) is 25.7 Å². The van der Waals surface area contributed by atoms with E-state index >= 15 is 0 Å². The molecule has 0 aliphatic heterocycles. The average Bonchev–Trinajstić information content (AvgIpc) is 2.24. The Morgan fingerprint density at radius 3 is 1.93 bits per heavy atom. The van der Waals surface area contributed by atoms with E-state index in [9.17, 15) is 0 Å². The van der Waals surface area contributed by atoms with Crippen LogP contribution in [0.25, 0.3) is 0 Å². The largest absolute Gasteiger partial charge is 0.398 e. The average molecular weight is 219 g/mol. The van der Waals surface area contributed by atoms with E-state index in [4.69, 9.17) is 8.85 Å². The molecular formula is C10H25NO2Si. The summed E-state index contributed by atoms with van der Waals surface area (Å²) in [5.74, 6) is 0. The summed E-state index contributed by atoms with van der Waals surface area (Å²) in [5, 5.41) is 0. The number of nitrogens with zero attached hydrogens (tertiary/aromatic N) is 1. The van der Waals surface area contributed by atoms with Gasteiger partial charge in [-0.25, -0.2) is 0 Å². The molecule has 0 heterocycles. The summed E-state index contributed by atoms with van der Waals surface area (Å²) in [6.07, 6.45) is 1.17. The van der Waals surface area contributed by atoms with Crippen molar-refractivity contribution in [1.29, 1.82) is 0 Å². The minimum absolute atomic E-state index is 1.08. The molecule has 0 aliphatic rings. The molecule has 0 amide bonds. The molecule has 0 unspecified atom stereocenters. The van der Waals surface area contributed by atoms with Crippen LogP contribution in [-0.2, 0) is 8.85 Å². The van der Waals surface area contributed by atoms with Gasteiger partial charge in [0.2, 0.25) is 0 Å². The van der Waals surface area contributed by atoms with Gasteiger partial charge < -0.3 is 13.8 Å². The van der Waals surface area contributed by atoms with Crippen LogP contribution in [0.15, 0.2) is 0 Å². The van der Waals surface area contributed by atoms with Gasteiger partial charge in [0.25, 0.3) is 0 Å². The zero-order chi connectivity index (χ0) is 11.0. The van der Waals surface area contributed by atoms with Crippen LogP contribution in [0, 0.1) is 0 Å². The van der Waals surface area contributed by atoms with E-state index in [1.807, 2.05) is 0 Å². The Labute approximate surface area is 89.6 Å². The van der Waals surface area contributed by atoms with Gasteiger partial charge in [-0.15, -0.1) is 0 Å². The molecule has 86 valence electrons. The second-order valence-corrected chi connectivity index (χ2v) is 7.26. The first kappa shape index (κ1) is 14.1. The molecule has 0 saturated carbocycles. The van der Waals surface area contributed by atoms with Crippen LogP contribution >= 0.6 is 0 Å². The molecule has 0 aromatic rings. The summed E-state index contributed by atoms with van der Waals surface area (Å²) in [4.78, 5) is 2.43. The van der Waals surface area contributed by atoms with Gasteiger partial charge in [-0.2, -0.15) is 0 Å². The van der Waals surface area contributed by atoms with Gasteiger partial charge in [0, 0.05) is 14.2 Å². The third-order valence-electron chi connectivity index (χ3n) is 2.86. The summed E-state index contributed by atoms with van der Waals surface area (Å²) in [6.45, 7) is 9.94. The van der Waals surface area contributed by atoms with Crippen molar-refractivity contribution in [3.63, 3.8) is 0 Å². The molecule has 0 N–H and O–H groups in total. The van der Waals surface area contributed by atoms with Gasteiger partial charge in [-0.05, 0) is 38.6 Å². The van der Waals surface area contributed by atoms with Gasteiger partial charge in [0.15, 0.2) is 0 Å². The van der Waals surface area contributed by atoms with Crippen LogP contribution in [0.4, 0.5) is 0 Å². The standard InChI is InChI=1S/C10H25NO2Si/c1-6-11(7-2)9-8-10-14(5,12-3)13-4/h6-10H2,1-5H3. The van der Waals surface area contributed by atoms with Crippen molar-refractivity contribution in [2.24, 2.45) is 0 Å². The maximum Gasteiger partial charge on any atom is 0.334 e. The first-order valence-electron chi connectivity index (χ1n) is 5.44. The summed E-state index contributed by atoms with van der Waals surface area (Å²) < 4.78 is 10.9. The van der Waals surface area contributed by atoms with E-state index in [0.29, 0.717) is 0 Å². The topological polar surface area (TPSA) is 21.7 Å². The second-order valence-electron chi connectivity index (χ2n) is 3.67. The third kappa shape index (κ3) is 5.10. The molecule has 0 aliphatic carbocycles. The van der Waals surface area contributed by atoms with E-state index in [-0.39, 0.29) is 0 Å². The Kier molecular flexibility index (Phi) is 7.45. The van der Waals surface area contributed by atoms with Crippen LogP contribution in [0.3, 0.4) is 0 Å². The summed E-state index contributed by atoms with van der Waals surface area (Å²) in [5.41, 5.74) is 0. The van der Waals surface area contributed by atoms with Crippen LogP contribution < -0.4 is 0 Å². The van der Waals surface area contributed by atoms with E-state index in [2.05, 4.69) is 25.3 Å². The molecule has 0 fully saturated rings. The number of rotatable bonds is 8. The molecular weight excluding hydrogens is 194 g/mol. The van der Waals surface area contributed by atoms with Crippen molar-refractivity contribution >= 4 is 8.56 Å². The minimum Gasteiger partial charge on any atom is -0.398 e. The lowest BCUT2D eigenvalue weighted by Crippen LogP contribution is -2.37. The maximum atomic E-state index is 5.43. The van der Waals surface area contributed by atoms with Gasteiger partial charge >= 0.3 is 8.56 Å². The molecule has 4 heteroatoms. The fourth-order valence-corrected chi connectivity index (χ4v) is 2.83. The fraction of sp³-hybridized carbons (Fsp3) is 1.00. The Hall–Kier alpha value is 0.0969. The third-order valence-corrected chi connectivity index (χ3v) is 5.85. The Balaban J connectivity index is 3.70. The maximum absolute atomic E-state index is 5.43. The van der Waals surface area contributed by atoms with Crippen LogP contribution in [0.2, 0.25) is 12.6 Å². The number of hydrogen-bond acceptors (Lipinski definition) is 3. The highest BCUT2D eigenvalue weighted by atomic mass is 28.4. The predicted molar refractivity (Wildman–Crippen MR) is 62.8 cm³/mol. The highest BCUT2D eigenvalue weighted by molar-refractivity contribution is 6.65. The normalized spacial score (nSPS) is 12.4. The molecule has 0 saturated heterocycles. The van der Waals surface area contributed by atoms with E-state index < -0.39 is 8.56 Å². The summed E-state index contributed by atoms with van der Waals surface area (Å²) in [7, 11) is 1.70. The van der Waals surface area contributed by atoms with Gasteiger partial charge in [0.05, 0.1) is 0 Å². The lowest BCUT2D eigenvalue weighted by Gasteiger charge is -2.24. The molecule has 0 bridgehead atoms. The van der Waals surface area contributed by atoms with Crippen LogP contribution in [-0.4, -0.2) is 47.3 Å². The molecule has 0 rings (SSSR count). The Morgan fingerprint density at radius 2 is 1.57 bits per heavy atom. The van der Waals surface area contributed by atoms with Crippen molar-refractivity contribution < 1.29 is 8.85 Å². The van der Waals surface area contributed by atoms with Gasteiger partial charge in [-0.3, -0.25) is 0 Å². The van der Waals surface area contributed by atoms with E-state index in [1.165, 1.54) is 6.42 Å². The lowest BCUT2D eigenvalue weighted by atomic mass is 10.4. The summed E-state index contributed by atoms with van der Waals surface area (Å²) in [6, 6.07) is 1.08.